The predicted molar refractivity (Wildman–Crippen MR) is 53.7 cm³/mol. The quantitative estimate of drug-likeness (QED) is 0.640. The summed E-state index contributed by atoms with van der Waals surface area (Å²) in [6.45, 7) is 6.62. The monoisotopic (exact) mass is 196 g/mol. The van der Waals surface area contributed by atoms with E-state index in [1.165, 1.54) is 12.8 Å². The highest BCUT2D eigenvalue weighted by molar-refractivity contribution is 4.95. The largest absolute Gasteiger partial charge is 0.352 e. The van der Waals surface area contributed by atoms with Crippen molar-refractivity contribution in [2.45, 2.75) is 33.0 Å². The van der Waals surface area contributed by atoms with Gasteiger partial charge in [-0.15, -0.1) is 0 Å². The lowest BCUT2D eigenvalue weighted by Crippen LogP contribution is -2.36. The van der Waals surface area contributed by atoms with E-state index in [0.29, 0.717) is 5.92 Å². The minimum Gasteiger partial charge on any atom is -0.352 e. The highest BCUT2D eigenvalue weighted by Gasteiger charge is 2.51. The van der Waals surface area contributed by atoms with Crippen LogP contribution >= 0.6 is 0 Å². The van der Waals surface area contributed by atoms with E-state index in [1.54, 1.807) is 0 Å². The zero-order valence-electron chi connectivity index (χ0n) is 9.11. The predicted octanol–water partition coefficient (Wildman–Crippen LogP) is 2.29. The van der Waals surface area contributed by atoms with Crippen molar-refractivity contribution in [2.24, 2.45) is 29.6 Å². The summed E-state index contributed by atoms with van der Waals surface area (Å²) < 4.78 is 11.6. The van der Waals surface area contributed by atoms with Crippen LogP contribution in [0.5, 0.6) is 0 Å². The van der Waals surface area contributed by atoms with Crippen molar-refractivity contribution >= 4 is 0 Å². The highest BCUT2D eigenvalue weighted by atomic mass is 16.7. The standard InChI is InChI=1S/C12H20O2/c1-7(2)11-8-3-4-9-10(11)6-14-12(9)13-5-8/h7-12H,3-6H2,1-2H3/t8?,9?,10?,11-,12-/m0/s1. The molecule has 0 aromatic carbocycles. The molecule has 5 atom stereocenters. The number of hydrogen-bond donors (Lipinski definition) is 0. The average molecular weight is 196 g/mol. The topological polar surface area (TPSA) is 18.5 Å². The van der Waals surface area contributed by atoms with Crippen molar-refractivity contribution in [3.8, 4) is 0 Å². The Morgan fingerprint density at radius 1 is 1.00 bits per heavy atom. The lowest BCUT2D eigenvalue weighted by Gasteiger charge is -2.38. The molecule has 3 unspecified atom stereocenters. The summed E-state index contributed by atoms with van der Waals surface area (Å²) in [5, 5.41) is 0. The van der Waals surface area contributed by atoms with Crippen LogP contribution in [-0.4, -0.2) is 19.5 Å². The first-order valence-electron chi connectivity index (χ1n) is 6.00. The maximum Gasteiger partial charge on any atom is 0.160 e. The minimum atomic E-state index is 0.147. The fourth-order valence-corrected chi connectivity index (χ4v) is 3.97. The van der Waals surface area contributed by atoms with Crippen LogP contribution in [0.1, 0.15) is 26.7 Å². The second-order valence-electron chi connectivity index (χ2n) is 5.52. The second-order valence-corrected chi connectivity index (χ2v) is 5.52. The van der Waals surface area contributed by atoms with E-state index in [-0.39, 0.29) is 6.29 Å². The number of fused-ring (bicyclic) bond motifs is 2. The molecule has 1 aliphatic carbocycles. The van der Waals surface area contributed by atoms with Gasteiger partial charge in [-0.3, -0.25) is 0 Å². The van der Waals surface area contributed by atoms with E-state index in [4.69, 9.17) is 9.47 Å². The van der Waals surface area contributed by atoms with E-state index in [0.717, 1.165) is 36.9 Å². The van der Waals surface area contributed by atoms with E-state index in [1.807, 2.05) is 0 Å². The minimum absolute atomic E-state index is 0.147. The van der Waals surface area contributed by atoms with Gasteiger partial charge in [0.25, 0.3) is 0 Å². The van der Waals surface area contributed by atoms with Crippen LogP contribution < -0.4 is 0 Å². The average Bonchev–Trinajstić information content (AvgIpc) is 2.35. The van der Waals surface area contributed by atoms with Gasteiger partial charge in [-0.05, 0) is 36.5 Å². The lowest BCUT2D eigenvalue weighted by molar-refractivity contribution is -0.132. The molecular weight excluding hydrogens is 176 g/mol. The van der Waals surface area contributed by atoms with Gasteiger partial charge in [0, 0.05) is 5.92 Å². The molecule has 2 heteroatoms. The fourth-order valence-electron chi connectivity index (χ4n) is 3.97. The highest BCUT2D eigenvalue weighted by Crippen LogP contribution is 2.50. The zero-order valence-corrected chi connectivity index (χ0v) is 9.11. The van der Waals surface area contributed by atoms with Gasteiger partial charge >= 0.3 is 0 Å². The number of hydrogen-bond acceptors (Lipinski definition) is 2. The van der Waals surface area contributed by atoms with Crippen LogP contribution in [0, 0.1) is 29.6 Å². The number of rotatable bonds is 1. The van der Waals surface area contributed by atoms with Gasteiger partial charge in [-0.2, -0.15) is 0 Å². The van der Waals surface area contributed by atoms with Crippen molar-refractivity contribution < 1.29 is 9.47 Å². The molecule has 0 aromatic rings. The fraction of sp³-hybridized carbons (Fsp3) is 1.00. The van der Waals surface area contributed by atoms with Gasteiger partial charge in [0.15, 0.2) is 6.29 Å². The Bertz CT molecular complexity index is 226. The Balaban J connectivity index is 1.92. The van der Waals surface area contributed by atoms with Crippen LogP contribution in [0.25, 0.3) is 0 Å². The van der Waals surface area contributed by atoms with Crippen LogP contribution in [-0.2, 0) is 9.47 Å². The van der Waals surface area contributed by atoms with Gasteiger partial charge in [-0.1, -0.05) is 13.8 Å². The molecule has 0 amide bonds. The Morgan fingerprint density at radius 2 is 1.79 bits per heavy atom. The second kappa shape index (κ2) is 3.21. The first-order chi connectivity index (χ1) is 6.77. The summed E-state index contributed by atoms with van der Waals surface area (Å²) in [6.07, 6.45) is 2.85. The molecule has 0 radical (unpaired) electrons. The van der Waals surface area contributed by atoms with E-state index in [9.17, 15) is 0 Å². The van der Waals surface area contributed by atoms with Crippen molar-refractivity contribution in [3.05, 3.63) is 0 Å². The van der Waals surface area contributed by atoms with E-state index in [2.05, 4.69) is 13.8 Å². The molecule has 80 valence electrons. The molecule has 0 aromatic heterocycles. The molecule has 2 nitrogen and oxygen atoms in total. The Labute approximate surface area is 86.0 Å². The van der Waals surface area contributed by atoms with Crippen LogP contribution in [0.3, 0.4) is 0 Å². The molecule has 3 heterocycles. The lowest BCUT2D eigenvalue weighted by atomic mass is 9.64. The van der Waals surface area contributed by atoms with Gasteiger partial charge in [0.1, 0.15) is 0 Å². The third kappa shape index (κ3) is 1.17. The Hall–Kier alpha value is -0.0800. The van der Waals surface area contributed by atoms with Crippen LogP contribution in [0.15, 0.2) is 0 Å². The molecule has 3 saturated heterocycles. The third-order valence-electron chi connectivity index (χ3n) is 4.51. The first kappa shape index (κ1) is 9.17. The molecule has 0 spiro atoms. The smallest absolute Gasteiger partial charge is 0.160 e. The molecule has 0 N–H and O–H groups in total. The molecule has 4 fully saturated rings. The molecule has 4 aliphatic rings. The van der Waals surface area contributed by atoms with E-state index < -0.39 is 0 Å². The van der Waals surface area contributed by atoms with Crippen LogP contribution in [0.2, 0.25) is 0 Å². The van der Waals surface area contributed by atoms with Crippen molar-refractivity contribution in [3.63, 3.8) is 0 Å². The molecule has 14 heavy (non-hydrogen) atoms. The summed E-state index contributed by atoms with van der Waals surface area (Å²) in [5.74, 6) is 3.95. The molecule has 3 aliphatic heterocycles. The molecule has 1 saturated carbocycles. The summed E-state index contributed by atoms with van der Waals surface area (Å²) in [5.41, 5.74) is 0. The van der Waals surface area contributed by atoms with E-state index >= 15 is 0 Å². The van der Waals surface area contributed by atoms with Gasteiger partial charge in [-0.25, -0.2) is 0 Å². The van der Waals surface area contributed by atoms with Crippen LogP contribution in [0.4, 0.5) is 0 Å². The number of ether oxygens (including phenoxy) is 2. The van der Waals surface area contributed by atoms with Gasteiger partial charge in [0.05, 0.1) is 13.2 Å². The first-order valence-corrected chi connectivity index (χ1v) is 6.00. The third-order valence-corrected chi connectivity index (χ3v) is 4.51. The van der Waals surface area contributed by atoms with Crippen molar-refractivity contribution in [2.75, 3.05) is 13.2 Å². The molecule has 4 rings (SSSR count). The summed E-state index contributed by atoms with van der Waals surface area (Å²) in [7, 11) is 0. The summed E-state index contributed by atoms with van der Waals surface area (Å²) in [4.78, 5) is 0. The maximum atomic E-state index is 5.84. The maximum absolute atomic E-state index is 5.84. The van der Waals surface area contributed by atoms with Gasteiger partial charge in [0.2, 0.25) is 0 Å². The molecule has 4 bridgehead atoms. The van der Waals surface area contributed by atoms with Crippen molar-refractivity contribution in [1.82, 2.24) is 0 Å². The Kier molecular flexibility index (Phi) is 2.10. The molecular formula is C12H20O2. The normalized spacial score (nSPS) is 51.2. The SMILES string of the molecule is CC(C)[C@H]1C2CCC3C1CO[C@@H]3OC2. The Morgan fingerprint density at radius 3 is 2.57 bits per heavy atom. The summed E-state index contributed by atoms with van der Waals surface area (Å²) in [6, 6.07) is 0. The van der Waals surface area contributed by atoms with Crippen molar-refractivity contribution in [1.29, 1.82) is 0 Å². The zero-order chi connectivity index (χ0) is 9.71. The van der Waals surface area contributed by atoms with Gasteiger partial charge < -0.3 is 9.47 Å². The summed E-state index contributed by atoms with van der Waals surface area (Å²) >= 11 is 0.